The average molecular weight is 346 g/mol. The van der Waals surface area contributed by atoms with E-state index in [2.05, 4.69) is 0 Å². The Morgan fingerprint density at radius 2 is 2.00 bits per heavy atom. The van der Waals surface area contributed by atoms with Crippen molar-refractivity contribution in [2.24, 2.45) is 0 Å². The van der Waals surface area contributed by atoms with Gasteiger partial charge in [0.1, 0.15) is 11.3 Å². The van der Waals surface area contributed by atoms with Gasteiger partial charge in [0.05, 0.1) is 0 Å². The van der Waals surface area contributed by atoms with Crippen molar-refractivity contribution in [1.29, 1.82) is 0 Å². The van der Waals surface area contributed by atoms with Crippen LogP contribution < -0.4 is 4.90 Å². The molecule has 0 unspecified atom stereocenters. The Morgan fingerprint density at radius 1 is 1.25 bits per heavy atom. The molecular weight excluding hydrogens is 330 g/mol. The van der Waals surface area contributed by atoms with Crippen LogP contribution in [-0.2, 0) is 16.0 Å². The Hall–Kier alpha value is -2.53. The molecule has 0 aliphatic carbocycles. The van der Waals surface area contributed by atoms with Crippen molar-refractivity contribution in [3.63, 3.8) is 0 Å². The van der Waals surface area contributed by atoms with Crippen LogP contribution in [0, 0.1) is 0 Å². The molecule has 24 heavy (non-hydrogen) atoms. The molecule has 1 aliphatic heterocycles. The first-order valence-corrected chi connectivity index (χ1v) is 7.94. The van der Waals surface area contributed by atoms with Crippen LogP contribution in [0.4, 0.5) is 5.69 Å². The number of nitrogens with zero attached hydrogens (tertiary/aromatic N) is 1. The van der Waals surface area contributed by atoms with Gasteiger partial charge in [-0.25, -0.2) is 4.79 Å². The van der Waals surface area contributed by atoms with E-state index in [-0.39, 0.29) is 17.2 Å². The number of phenols is 1. The summed E-state index contributed by atoms with van der Waals surface area (Å²) in [6.45, 7) is 2.07. The number of esters is 1. The van der Waals surface area contributed by atoms with Gasteiger partial charge in [-0.3, -0.25) is 4.79 Å². The Bertz CT molecular complexity index is 805. The number of phenolic OH excluding ortho intramolecular Hbond substituents is 1. The van der Waals surface area contributed by atoms with Crippen LogP contribution in [0.25, 0.3) is 0 Å². The smallest absolute Gasteiger partial charge is 0.342 e. The van der Waals surface area contributed by atoms with Gasteiger partial charge in [0.15, 0.2) is 6.10 Å². The molecule has 1 amide bonds. The van der Waals surface area contributed by atoms with Crippen LogP contribution in [0.3, 0.4) is 0 Å². The fourth-order valence-corrected chi connectivity index (χ4v) is 2.90. The number of carbonyl (C=O) groups excluding carboxylic acids is 2. The number of para-hydroxylation sites is 1. The normalized spacial score (nSPS) is 14.2. The second-order valence-electron chi connectivity index (χ2n) is 5.58. The molecule has 1 N–H and O–H groups in total. The molecule has 1 heterocycles. The molecule has 0 aromatic heterocycles. The highest BCUT2D eigenvalue weighted by Crippen LogP contribution is 2.28. The summed E-state index contributed by atoms with van der Waals surface area (Å²) in [5.74, 6) is -1.33. The molecule has 0 fully saturated rings. The Balaban J connectivity index is 1.73. The van der Waals surface area contributed by atoms with E-state index in [4.69, 9.17) is 16.3 Å². The first-order valence-electron chi connectivity index (χ1n) is 7.56. The van der Waals surface area contributed by atoms with E-state index in [1.165, 1.54) is 25.1 Å². The Morgan fingerprint density at radius 3 is 2.79 bits per heavy atom. The lowest BCUT2D eigenvalue weighted by Gasteiger charge is -2.21. The monoisotopic (exact) mass is 345 g/mol. The number of benzene rings is 2. The fraction of sp³-hybridized carbons (Fsp3) is 0.222. The van der Waals surface area contributed by atoms with Crippen LogP contribution in [0.5, 0.6) is 5.75 Å². The summed E-state index contributed by atoms with van der Waals surface area (Å²) in [6, 6.07) is 11.7. The van der Waals surface area contributed by atoms with Gasteiger partial charge in [-0.2, -0.15) is 0 Å². The third kappa shape index (κ3) is 3.08. The predicted molar refractivity (Wildman–Crippen MR) is 90.5 cm³/mol. The molecular formula is C18H16ClNO4. The number of anilines is 1. The minimum absolute atomic E-state index is 0.0658. The topological polar surface area (TPSA) is 66.8 Å². The van der Waals surface area contributed by atoms with E-state index in [1.807, 2.05) is 24.3 Å². The van der Waals surface area contributed by atoms with Crippen LogP contribution in [0.1, 0.15) is 22.8 Å². The zero-order valence-electron chi connectivity index (χ0n) is 13.0. The Labute approximate surface area is 144 Å². The maximum atomic E-state index is 12.6. The summed E-state index contributed by atoms with van der Waals surface area (Å²) in [6.07, 6.45) is -0.195. The van der Waals surface area contributed by atoms with Crippen molar-refractivity contribution in [3.05, 3.63) is 58.6 Å². The van der Waals surface area contributed by atoms with E-state index in [1.54, 1.807) is 4.90 Å². The maximum absolute atomic E-state index is 12.6. The van der Waals surface area contributed by atoms with Crippen LogP contribution in [-0.4, -0.2) is 29.6 Å². The molecule has 0 spiro atoms. The lowest BCUT2D eigenvalue weighted by Crippen LogP contribution is -2.39. The molecule has 0 saturated heterocycles. The first kappa shape index (κ1) is 16.3. The molecule has 3 rings (SSSR count). The van der Waals surface area contributed by atoms with Crippen molar-refractivity contribution in [3.8, 4) is 5.75 Å². The molecule has 124 valence electrons. The standard InChI is InChI=1S/C18H16ClNO4/c1-11(24-18(23)14-10-13(19)6-7-16(14)21)17(22)20-9-8-12-4-2-3-5-15(12)20/h2-7,10-11,21H,8-9H2,1H3/t11-/m0/s1. The third-order valence-electron chi connectivity index (χ3n) is 3.96. The second-order valence-corrected chi connectivity index (χ2v) is 6.01. The summed E-state index contributed by atoms with van der Waals surface area (Å²) in [5.41, 5.74) is 1.87. The summed E-state index contributed by atoms with van der Waals surface area (Å²) in [4.78, 5) is 26.4. The fourth-order valence-electron chi connectivity index (χ4n) is 2.73. The largest absolute Gasteiger partial charge is 0.507 e. The number of hydrogen-bond acceptors (Lipinski definition) is 4. The molecule has 5 nitrogen and oxygen atoms in total. The predicted octanol–water partition coefficient (Wildman–Crippen LogP) is 3.18. The van der Waals surface area contributed by atoms with E-state index in [0.717, 1.165) is 17.7 Å². The molecule has 0 radical (unpaired) electrons. The molecule has 1 aliphatic rings. The minimum atomic E-state index is -0.970. The zero-order chi connectivity index (χ0) is 17.3. The highest BCUT2D eigenvalue weighted by Gasteiger charge is 2.30. The van der Waals surface area contributed by atoms with Gasteiger partial charge in [-0.15, -0.1) is 0 Å². The van der Waals surface area contributed by atoms with Gasteiger partial charge in [0.2, 0.25) is 0 Å². The summed E-state index contributed by atoms with van der Waals surface area (Å²) in [5, 5.41) is 10.0. The van der Waals surface area contributed by atoms with Gasteiger partial charge in [0, 0.05) is 17.3 Å². The number of hydrogen-bond donors (Lipinski definition) is 1. The van der Waals surface area contributed by atoms with Gasteiger partial charge in [-0.1, -0.05) is 29.8 Å². The SMILES string of the molecule is C[C@H](OC(=O)c1cc(Cl)ccc1O)C(=O)N1CCc2ccccc21. The Kier molecular flexibility index (Phi) is 4.44. The number of fused-ring (bicyclic) bond motifs is 1. The lowest BCUT2D eigenvalue weighted by molar-refractivity contribution is -0.126. The summed E-state index contributed by atoms with van der Waals surface area (Å²) < 4.78 is 5.21. The van der Waals surface area contributed by atoms with Crippen LogP contribution in [0.15, 0.2) is 42.5 Å². The number of halogens is 1. The maximum Gasteiger partial charge on any atom is 0.342 e. The second kappa shape index (κ2) is 6.53. The van der Waals surface area contributed by atoms with Crippen molar-refractivity contribution in [2.45, 2.75) is 19.4 Å². The molecule has 6 heteroatoms. The van der Waals surface area contributed by atoms with Gasteiger partial charge >= 0.3 is 5.97 Å². The molecule has 2 aromatic carbocycles. The van der Waals surface area contributed by atoms with Gasteiger partial charge in [0.25, 0.3) is 5.91 Å². The lowest BCUT2D eigenvalue weighted by atomic mass is 10.2. The first-order chi connectivity index (χ1) is 11.5. The van der Waals surface area contributed by atoms with Crippen molar-refractivity contribution >= 4 is 29.2 Å². The van der Waals surface area contributed by atoms with Crippen LogP contribution >= 0.6 is 11.6 Å². The highest BCUT2D eigenvalue weighted by molar-refractivity contribution is 6.31. The van der Waals surface area contributed by atoms with E-state index < -0.39 is 12.1 Å². The quantitative estimate of drug-likeness (QED) is 0.868. The summed E-state index contributed by atoms with van der Waals surface area (Å²) in [7, 11) is 0. The van der Waals surface area contributed by atoms with Crippen molar-refractivity contribution in [2.75, 3.05) is 11.4 Å². The van der Waals surface area contributed by atoms with Crippen LogP contribution in [0.2, 0.25) is 5.02 Å². The highest BCUT2D eigenvalue weighted by atomic mass is 35.5. The number of carbonyl (C=O) groups is 2. The summed E-state index contributed by atoms with van der Waals surface area (Å²) >= 11 is 5.83. The molecule has 1 atom stereocenters. The van der Waals surface area contributed by atoms with E-state index in [0.29, 0.717) is 11.6 Å². The van der Waals surface area contributed by atoms with Gasteiger partial charge < -0.3 is 14.7 Å². The van der Waals surface area contributed by atoms with E-state index >= 15 is 0 Å². The zero-order valence-corrected chi connectivity index (χ0v) is 13.8. The molecule has 2 aromatic rings. The number of rotatable bonds is 3. The third-order valence-corrected chi connectivity index (χ3v) is 4.20. The average Bonchev–Trinajstić information content (AvgIpc) is 3.00. The minimum Gasteiger partial charge on any atom is -0.507 e. The number of amides is 1. The number of ether oxygens (including phenoxy) is 1. The number of aromatic hydroxyl groups is 1. The van der Waals surface area contributed by atoms with E-state index in [9.17, 15) is 14.7 Å². The van der Waals surface area contributed by atoms with Crippen molar-refractivity contribution < 1.29 is 19.4 Å². The van der Waals surface area contributed by atoms with Crippen molar-refractivity contribution in [1.82, 2.24) is 0 Å². The molecule has 0 saturated carbocycles. The van der Waals surface area contributed by atoms with Gasteiger partial charge in [-0.05, 0) is 43.2 Å². The molecule has 0 bridgehead atoms.